The fourth-order valence-electron chi connectivity index (χ4n) is 2.60. The zero-order valence-electron chi connectivity index (χ0n) is 11.0. The van der Waals surface area contributed by atoms with E-state index in [1.165, 1.54) is 0 Å². The van der Waals surface area contributed by atoms with Crippen LogP contribution in [0.2, 0.25) is 0 Å². The minimum Gasteiger partial charge on any atom is -0.480 e. The van der Waals surface area contributed by atoms with Gasteiger partial charge in [-0.25, -0.2) is 4.79 Å². The highest BCUT2D eigenvalue weighted by Crippen LogP contribution is 2.29. The summed E-state index contributed by atoms with van der Waals surface area (Å²) in [6.45, 7) is 0.663. The van der Waals surface area contributed by atoms with Crippen LogP contribution in [0.4, 0.5) is 5.69 Å². The summed E-state index contributed by atoms with van der Waals surface area (Å²) in [4.78, 5) is 24.0. The van der Waals surface area contributed by atoms with Crippen molar-refractivity contribution in [3.8, 4) is 0 Å². The lowest BCUT2D eigenvalue weighted by molar-refractivity contribution is -0.139. The second kappa shape index (κ2) is 5.92. The Morgan fingerprint density at radius 1 is 1.35 bits per heavy atom. The Bertz CT molecular complexity index is 518. The van der Waals surface area contributed by atoms with Gasteiger partial charge in [0.1, 0.15) is 12.1 Å². The third-order valence-electron chi connectivity index (χ3n) is 3.60. The lowest BCUT2D eigenvalue weighted by atomic mass is 10.0. The summed E-state index contributed by atoms with van der Waals surface area (Å²) in [6, 6.07) is 5.72. The van der Waals surface area contributed by atoms with Crippen molar-refractivity contribution in [3.05, 3.63) is 29.8 Å². The van der Waals surface area contributed by atoms with Crippen molar-refractivity contribution < 1.29 is 19.8 Å². The molecule has 1 fully saturated rings. The van der Waals surface area contributed by atoms with Crippen LogP contribution in [0, 0.1) is 0 Å². The third kappa shape index (κ3) is 2.91. The Balaban J connectivity index is 2.27. The number of benzene rings is 1. The number of nitrogens with two attached hydrogens (primary N) is 1. The first-order chi connectivity index (χ1) is 9.50. The predicted octanol–water partition coefficient (Wildman–Crippen LogP) is 0.694. The first-order valence-electron chi connectivity index (χ1n) is 6.56. The quantitative estimate of drug-likeness (QED) is 0.732. The molecule has 108 valence electrons. The molecule has 0 aliphatic carbocycles. The van der Waals surface area contributed by atoms with Gasteiger partial charge in [0.05, 0.1) is 0 Å². The van der Waals surface area contributed by atoms with Gasteiger partial charge in [-0.15, -0.1) is 0 Å². The first kappa shape index (κ1) is 14.3. The minimum atomic E-state index is -1.06. The number of carboxylic acids is 2. The molecule has 1 saturated heterocycles. The fourth-order valence-corrected chi connectivity index (χ4v) is 2.60. The molecule has 0 bridgehead atoms. The van der Waals surface area contributed by atoms with Crippen LogP contribution < -0.4 is 10.6 Å². The number of carboxylic acid groups (broad SMARTS) is 2. The predicted molar refractivity (Wildman–Crippen MR) is 73.8 cm³/mol. The van der Waals surface area contributed by atoms with E-state index in [0.717, 1.165) is 17.7 Å². The van der Waals surface area contributed by atoms with Crippen molar-refractivity contribution >= 4 is 17.6 Å². The second-order valence-electron chi connectivity index (χ2n) is 4.97. The van der Waals surface area contributed by atoms with E-state index in [1.807, 2.05) is 17.0 Å². The average molecular weight is 278 g/mol. The monoisotopic (exact) mass is 278 g/mol. The van der Waals surface area contributed by atoms with Gasteiger partial charge in [-0.3, -0.25) is 4.79 Å². The van der Waals surface area contributed by atoms with Crippen LogP contribution in [0.3, 0.4) is 0 Å². The van der Waals surface area contributed by atoms with Crippen molar-refractivity contribution in [2.24, 2.45) is 5.73 Å². The topological polar surface area (TPSA) is 104 Å². The summed E-state index contributed by atoms with van der Waals surface area (Å²) in [5, 5.41) is 18.2. The van der Waals surface area contributed by atoms with E-state index in [2.05, 4.69) is 0 Å². The van der Waals surface area contributed by atoms with Gasteiger partial charge >= 0.3 is 11.9 Å². The van der Waals surface area contributed by atoms with Gasteiger partial charge in [-0.05, 0) is 24.5 Å². The maximum absolute atomic E-state index is 11.3. The summed E-state index contributed by atoms with van der Waals surface area (Å²) in [5.74, 6) is -1.91. The standard InChI is InChI=1S/C14H18N2O4/c15-10(13(17)18)8-9-4-1-2-5-11(9)16-7-3-6-12(16)14(19)20/h1-2,4-5,10,12H,3,6-8,15H2,(H,17,18)(H,19,20). The van der Waals surface area contributed by atoms with Crippen LogP contribution in [0.25, 0.3) is 0 Å². The molecular formula is C14H18N2O4. The van der Waals surface area contributed by atoms with E-state index in [4.69, 9.17) is 10.8 Å². The highest BCUT2D eigenvalue weighted by molar-refractivity contribution is 5.80. The molecule has 6 nitrogen and oxygen atoms in total. The number of hydrogen-bond donors (Lipinski definition) is 3. The summed E-state index contributed by atoms with van der Waals surface area (Å²) in [6.07, 6.45) is 1.61. The van der Waals surface area contributed by atoms with Crippen LogP contribution in [0.5, 0.6) is 0 Å². The molecule has 1 aliphatic rings. The van der Waals surface area contributed by atoms with Crippen molar-refractivity contribution in [2.45, 2.75) is 31.3 Å². The molecular weight excluding hydrogens is 260 g/mol. The number of aliphatic carboxylic acids is 2. The SMILES string of the molecule is NC(Cc1ccccc1N1CCCC1C(=O)O)C(=O)O. The number of hydrogen-bond acceptors (Lipinski definition) is 4. The smallest absolute Gasteiger partial charge is 0.326 e. The highest BCUT2D eigenvalue weighted by atomic mass is 16.4. The molecule has 6 heteroatoms. The van der Waals surface area contributed by atoms with Crippen LogP contribution in [-0.2, 0) is 16.0 Å². The Morgan fingerprint density at radius 2 is 2.05 bits per heavy atom. The van der Waals surface area contributed by atoms with Gasteiger partial charge in [0, 0.05) is 18.7 Å². The minimum absolute atomic E-state index is 0.189. The Morgan fingerprint density at radius 3 is 2.70 bits per heavy atom. The van der Waals surface area contributed by atoms with E-state index in [-0.39, 0.29) is 6.42 Å². The molecule has 0 aromatic heterocycles. The zero-order valence-corrected chi connectivity index (χ0v) is 11.0. The van der Waals surface area contributed by atoms with Crippen LogP contribution in [0.1, 0.15) is 18.4 Å². The van der Waals surface area contributed by atoms with E-state index < -0.39 is 24.0 Å². The van der Waals surface area contributed by atoms with Crippen molar-refractivity contribution in [1.29, 1.82) is 0 Å². The molecule has 4 N–H and O–H groups in total. The van der Waals surface area contributed by atoms with Gasteiger partial charge < -0.3 is 20.8 Å². The maximum atomic E-state index is 11.3. The van der Waals surface area contributed by atoms with E-state index in [0.29, 0.717) is 13.0 Å². The Kier molecular flexibility index (Phi) is 4.24. The highest BCUT2D eigenvalue weighted by Gasteiger charge is 2.32. The summed E-state index contributed by atoms with van der Waals surface area (Å²) < 4.78 is 0. The van der Waals surface area contributed by atoms with E-state index >= 15 is 0 Å². The lowest BCUT2D eigenvalue weighted by Gasteiger charge is -2.26. The molecule has 0 spiro atoms. The van der Waals surface area contributed by atoms with Crippen molar-refractivity contribution in [2.75, 3.05) is 11.4 Å². The number of anilines is 1. The number of para-hydroxylation sites is 1. The van der Waals surface area contributed by atoms with Gasteiger partial charge in [0.15, 0.2) is 0 Å². The third-order valence-corrected chi connectivity index (χ3v) is 3.60. The molecule has 1 aliphatic heterocycles. The number of rotatable bonds is 5. The van der Waals surface area contributed by atoms with Crippen LogP contribution >= 0.6 is 0 Å². The van der Waals surface area contributed by atoms with Crippen LogP contribution in [-0.4, -0.2) is 40.8 Å². The van der Waals surface area contributed by atoms with Crippen molar-refractivity contribution in [1.82, 2.24) is 0 Å². The Labute approximate surface area is 116 Å². The molecule has 1 aromatic rings. The average Bonchev–Trinajstić information content (AvgIpc) is 2.88. The fraction of sp³-hybridized carbons (Fsp3) is 0.429. The van der Waals surface area contributed by atoms with Gasteiger partial charge in [0.2, 0.25) is 0 Å². The molecule has 1 aromatic carbocycles. The summed E-state index contributed by atoms with van der Waals surface area (Å²) in [5.41, 5.74) is 7.12. The van der Waals surface area contributed by atoms with E-state index in [9.17, 15) is 14.7 Å². The van der Waals surface area contributed by atoms with Gasteiger partial charge in [0.25, 0.3) is 0 Å². The maximum Gasteiger partial charge on any atom is 0.326 e. The van der Waals surface area contributed by atoms with E-state index in [1.54, 1.807) is 12.1 Å². The normalized spacial score (nSPS) is 19.9. The molecule has 2 unspecified atom stereocenters. The van der Waals surface area contributed by atoms with Crippen LogP contribution in [0.15, 0.2) is 24.3 Å². The number of carbonyl (C=O) groups is 2. The Hall–Kier alpha value is -2.08. The molecule has 0 saturated carbocycles. The number of nitrogens with zero attached hydrogens (tertiary/aromatic N) is 1. The lowest BCUT2D eigenvalue weighted by Crippen LogP contribution is -2.37. The molecule has 20 heavy (non-hydrogen) atoms. The van der Waals surface area contributed by atoms with Gasteiger partial charge in [-0.1, -0.05) is 18.2 Å². The molecule has 0 amide bonds. The molecule has 2 rings (SSSR count). The largest absolute Gasteiger partial charge is 0.480 e. The second-order valence-corrected chi connectivity index (χ2v) is 4.97. The van der Waals surface area contributed by atoms with Crippen molar-refractivity contribution in [3.63, 3.8) is 0 Å². The first-order valence-corrected chi connectivity index (χ1v) is 6.56. The summed E-state index contributed by atoms with van der Waals surface area (Å²) in [7, 11) is 0. The molecule has 0 radical (unpaired) electrons. The summed E-state index contributed by atoms with van der Waals surface area (Å²) >= 11 is 0. The molecule has 1 heterocycles. The molecule has 2 atom stereocenters. The van der Waals surface area contributed by atoms with Gasteiger partial charge in [-0.2, -0.15) is 0 Å². The zero-order chi connectivity index (χ0) is 14.7.